The Morgan fingerprint density at radius 2 is 2.36 bits per heavy atom. The molecule has 1 N–H and O–H groups in total. The van der Waals surface area contributed by atoms with Crippen LogP contribution in [0.3, 0.4) is 0 Å². The van der Waals surface area contributed by atoms with Crippen molar-refractivity contribution in [1.29, 1.82) is 0 Å². The second-order valence-electron chi connectivity index (χ2n) is 2.19. The summed E-state index contributed by atoms with van der Waals surface area (Å²) in [7, 11) is 0. The summed E-state index contributed by atoms with van der Waals surface area (Å²) in [5.41, 5.74) is 0.232. The van der Waals surface area contributed by atoms with Crippen LogP contribution in [0.25, 0.3) is 0 Å². The first kappa shape index (κ1) is 10.1. The van der Waals surface area contributed by atoms with Gasteiger partial charge in [-0.15, -0.1) is 0 Å². The van der Waals surface area contributed by atoms with Gasteiger partial charge < -0.3 is 9.84 Å². The summed E-state index contributed by atoms with van der Waals surface area (Å²) < 4.78 is 16.0. The molecule has 0 aliphatic heterocycles. The molecule has 0 aromatic heterocycles. The van der Waals surface area contributed by atoms with Gasteiger partial charge in [0.25, 0.3) is 0 Å². The second kappa shape index (κ2) is 4.85. The lowest BCUT2D eigenvalue weighted by Crippen LogP contribution is -2.20. The quantitative estimate of drug-likeness (QED) is 0.482. The number of aliphatic hydroxyl groups excluding tert-OH is 1. The average Bonchev–Trinajstić information content (AvgIpc) is 1.99. The first-order valence-corrected chi connectivity index (χ1v) is 3.14. The van der Waals surface area contributed by atoms with Gasteiger partial charge in [-0.05, 0) is 6.92 Å². The van der Waals surface area contributed by atoms with Gasteiger partial charge in [-0.2, -0.15) is 0 Å². The van der Waals surface area contributed by atoms with Crippen molar-refractivity contribution in [2.45, 2.75) is 13.0 Å². The fraction of sp³-hybridized carbons (Fsp3) is 0.571. The number of ether oxygens (including phenoxy) is 1. The topological polar surface area (TPSA) is 46.5 Å². The molecule has 1 unspecified atom stereocenters. The summed E-state index contributed by atoms with van der Waals surface area (Å²) in [5, 5.41) is 8.61. The normalized spacial score (nSPS) is 12.3. The van der Waals surface area contributed by atoms with Crippen LogP contribution in [0.5, 0.6) is 0 Å². The van der Waals surface area contributed by atoms with Gasteiger partial charge in [-0.1, -0.05) is 6.58 Å². The number of aliphatic hydroxyl groups is 1. The van der Waals surface area contributed by atoms with E-state index in [0.717, 1.165) is 0 Å². The number of hydrogen-bond donors (Lipinski definition) is 1. The first-order valence-electron chi connectivity index (χ1n) is 3.14. The summed E-state index contributed by atoms with van der Waals surface area (Å²) in [6.45, 7) is 3.55. The minimum Gasteiger partial charge on any atom is -0.459 e. The molecule has 1 atom stereocenters. The maximum atomic E-state index is 11.6. The summed E-state index contributed by atoms with van der Waals surface area (Å²) in [5.74, 6) is -0.613. The highest BCUT2D eigenvalue weighted by molar-refractivity contribution is 5.86. The molecule has 0 aromatic rings. The second-order valence-corrected chi connectivity index (χ2v) is 2.19. The molecule has 0 fully saturated rings. The van der Waals surface area contributed by atoms with Crippen LogP contribution in [0.1, 0.15) is 6.92 Å². The van der Waals surface area contributed by atoms with E-state index in [1.165, 1.54) is 6.92 Å². The SMILES string of the molecule is C=C(C)C(=O)OCC(O)CF. The first-order chi connectivity index (χ1) is 5.07. The molecule has 0 rings (SSSR count). The number of hydrogen-bond acceptors (Lipinski definition) is 3. The van der Waals surface area contributed by atoms with E-state index >= 15 is 0 Å². The van der Waals surface area contributed by atoms with Crippen molar-refractivity contribution in [3.05, 3.63) is 12.2 Å². The molecule has 0 heterocycles. The van der Waals surface area contributed by atoms with Crippen LogP contribution in [0.4, 0.5) is 4.39 Å². The van der Waals surface area contributed by atoms with Crippen LogP contribution >= 0.6 is 0 Å². The van der Waals surface area contributed by atoms with Gasteiger partial charge >= 0.3 is 5.97 Å². The third kappa shape index (κ3) is 4.50. The van der Waals surface area contributed by atoms with Crippen molar-refractivity contribution in [2.24, 2.45) is 0 Å². The zero-order chi connectivity index (χ0) is 8.85. The molecule has 0 bridgehead atoms. The lowest BCUT2D eigenvalue weighted by Gasteiger charge is -2.06. The molecule has 0 saturated heterocycles. The van der Waals surface area contributed by atoms with Crippen LogP contribution in [-0.2, 0) is 9.53 Å². The molecule has 3 nitrogen and oxygen atoms in total. The largest absolute Gasteiger partial charge is 0.459 e. The Morgan fingerprint density at radius 1 is 1.82 bits per heavy atom. The molecular formula is C7H11FO3. The molecule has 0 aliphatic rings. The van der Waals surface area contributed by atoms with Gasteiger partial charge in [0.15, 0.2) is 0 Å². The molecule has 0 aliphatic carbocycles. The Bertz CT molecular complexity index is 156. The van der Waals surface area contributed by atoms with Crippen molar-refractivity contribution in [3.63, 3.8) is 0 Å². The summed E-state index contributed by atoms with van der Waals surface area (Å²) >= 11 is 0. The zero-order valence-corrected chi connectivity index (χ0v) is 6.34. The van der Waals surface area contributed by atoms with E-state index in [1.807, 2.05) is 0 Å². The number of esters is 1. The van der Waals surface area contributed by atoms with Crippen LogP contribution in [0.15, 0.2) is 12.2 Å². The van der Waals surface area contributed by atoms with Crippen molar-refractivity contribution in [3.8, 4) is 0 Å². The minimum atomic E-state index is -1.22. The van der Waals surface area contributed by atoms with E-state index in [-0.39, 0.29) is 12.2 Å². The molecule has 0 saturated carbocycles. The third-order valence-electron chi connectivity index (χ3n) is 0.933. The maximum absolute atomic E-state index is 11.6. The number of halogens is 1. The average molecular weight is 162 g/mol. The van der Waals surface area contributed by atoms with Gasteiger partial charge in [-0.3, -0.25) is 0 Å². The van der Waals surface area contributed by atoms with Crippen molar-refractivity contribution < 1.29 is 19.0 Å². The molecule has 0 spiro atoms. The summed E-state index contributed by atoms with van der Waals surface area (Å²) in [6.07, 6.45) is -1.22. The van der Waals surface area contributed by atoms with Crippen LogP contribution in [0, 0.1) is 0 Å². The number of carbonyl (C=O) groups is 1. The highest BCUT2D eigenvalue weighted by Gasteiger charge is 2.07. The predicted molar refractivity (Wildman–Crippen MR) is 37.8 cm³/mol. The van der Waals surface area contributed by atoms with Gasteiger partial charge in [-0.25, -0.2) is 9.18 Å². The highest BCUT2D eigenvalue weighted by Crippen LogP contribution is 1.94. The molecule has 0 amide bonds. The van der Waals surface area contributed by atoms with E-state index in [1.54, 1.807) is 0 Å². The smallest absolute Gasteiger partial charge is 0.333 e. The van der Waals surface area contributed by atoms with Crippen molar-refractivity contribution in [1.82, 2.24) is 0 Å². The lowest BCUT2D eigenvalue weighted by atomic mass is 10.3. The van der Waals surface area contributed by atoms with Crippen LogP contribution in [-0.4, -0.2) is 30.5 Å². The molecule has 64 valence electrons. The van der Waals surface area contributed by atoms with Gasteiger partial charge in [0, 0.05) is 5.57 Å². The number of rotatable bonds is 4. The molecule has 0 aromatic carbocycles. The third-order valence-corrected chi connectivity index (χ3v) is 0.933. The lowest BCUT2D eigenvalue weighted by molar-refractivity contribution is -0.142. The Balaban J connectivity index is 3.54. The van der Waals surface area contributed by atoms with Gasteiger partial charge in [0.1, 0.15) is 19.4 Å². The Labute approximate surface area is 64.5 Å². The van der Waals surface area contributed by atoms with E-state index in [0.29, 0.717) is 0 Å². The number of carbonyl (C=O) groups excluding carboxylic acids is 1. The van der Waals surface area contributed by atoms with Gasteiger partial charge in [0.2, 0.25) is 0 Å². The van der Waals surface area contributed by atoms with E-state index in [9.17, 15) is 9.18 Å². The van der Waals surface area contributed by atoms with Crippen LogP contribution < -0.4 is 0 Å². The van der Waals surface area contributed by atoms with E-state index < -0.39 is 18.7 Å². The fourth-order valence-electron chi connectivity index (χ4n) is 0.340. The Kier molecular flexibility index (Phi) is 4.45. The summed E-state index contributed by atoms with van der Waals surface area (Å²) in [4.78, 5) is 10.6. The molecule has 0 radical (unpaired) electrons. The van der Waals surface area contributed by atoms with E-state index in [4.69, 9.17) is 5.11 Å². The monoisotopic (exact) mass is 162 g/mol. The van der Waals surface area contributed by atoms with Crippen molar-refractivity contribution >= 4 is 5.97 Å². The van der Waals surface area contributed by atoms with Gasteiger partial charge in [0.05, 0.1) is 0 Å². The molecule has 11 heavy (non-hydrogen) atoms. The molecule has 4 heteroatoms. The maximum Gasteiger partial charge on any atom is 0.333 e. The highest BCUT2D eigenvalue weighted by atomic mass is 19.1. The van der Waals surface area contributed by atoms with Crippen molar-refractivity contribution in [2.75, 3.05) is 13.3 Å². The zero-order valence-electron chi connectivity index (χ0n) is 6.34. The van der Waals surface area contributed by atoms with Crippen LogP contribution in [0.2, 0.25) is 0 Å². The standard InChI is InChI=1S/C7H11FO3/c1-5(2)7(10)11-4-6(9)3-8/h6,9H,1,3-4H2,2H3. The predicted octanol–water partition coefficient (Wildman–Crippen LogP) is 0.436. The Morgan fingerprint density at radius 3 is 2.73 bits per heavy atom. The summed E-state index contributed by atoms with van der Waals surface area (Å²) in [6, 6.07) is 0. The fourth-order valence-corrected chi connectivity index (χ4v) is 0.340. The number of alkyl halides is 1. The van der Waals surface area contributed by atoms with E-state index in [2.05, 4.69) is 11.3 Å². The molecular weight excluding hydrogens is 151 g/mol. The Hall–Kier alpha value is -0.900. The minimum absolute atomic E-state index is 0.232.